The minimum Gasteiger partial charge on any atom is -0.495 e. The second kappa shape index (κ2) is 11.4. The van der Waals surface area contributed by atoms with E-state index in [1.807, 2.05) is 0 Å². The van der Waals surface area contributed by atoms with Crippen LogP contribution in [0.25, 0.3) is 22.0 Å². The van der Waals surface area contributed by atoms with E-state index >= 15 is 0 Å². The maximum atomic E-state index is 9.16. The van der Waals surface area contributed by atoms with E-state index < -0.39 is 0 Å². The Hall–Kier alpha value is -2.52. The number of hydrogen-bond acceptors (Lipinski definition) is 8. The zero-order chi connectivity index (χ0) is 23.1. The number of aliphatic hydroxyl groups excluding tert-OH is 1. The van der Waals surface area contributed by atoms with E-state index in [9.17, 15) is 0 Å². The monoisotopic (exact) mass is 480 g/mol. The molecular weight excluding hydrogens is 455 g/mol. The van der Waals surface area contributed by atoms with Crippen LogP contribution in [-0.4, -0.2) is 55.7 Å². The molecule has 4 N–H and O–H groups in total. The van der Waals surface area contributed by atoms with Crippen LogP contribution < -0.4 is 20.5 Å². The molecule has 10 heteroatoms. The number of rotatable bonds is 6. The molecule has 1 saturated heterocycles. The number of aromatic nitrogens is 2. The second-order valence-electron chi connectivity index (χ2n) is 6.94. The number of nitrogen functional groups attached to an aromatic ring is 1. The van der Waals surface area contributed by atoms with Crippen LogP contribution in [0.4, 0.5) is 11.6 Å². The summed E-state index contributed by atoms with van der Waals surface area (Å²) in [5.74, 6) is 1.72. The van der Waals surface area contributed by atoms with Gasteiger partial charge in [0.25, 0.3) is 0 Å². The van der Waals surface area contributed by atoms with Crippen molar-refractivity contribution in [3.63, 3.8) is 0 Å². The molecule has 0 spiro atoms. The summed E-state index contributed by atoms with van der Waals surface area (Å²) >= 11 is 13.0. The number of benzene rings is 1. The molecule has 1 aliphatic heterocycles. The maximum Gasteiger partial charge on any atom is 0.141 e. The lowest BCUT2D eigenvalue weighted by Gasteiger charge is -2.16. The number of hydrogen-bond donors (Lipinski definition) is 3. The van der Waals surface area contributed by atoms with E-state index in [1.54, 1.807) is 24.4 Å². The van der Waals surface area contributed by atoms with Crippen molar-refractivity contribution in [3.8, 4) is 22.8 Å². The number of methoxy groups -OCH3 is 2. The van der Waals surface area contributed by atoms with Crippen LogP contribution in [0.2, 0.25) is 10.0 Å². The lowest BCUT2D eigenvalue weighted by molar-refractivity contribution is 0.198. The van der Waals surface area contributed by atoms with Crippen LogP contribution in [0, 0.1) is 0 Å². The Morgan fingerprint density at radius 2 is 1.75 bits per heavy atom. The molecule has 1 aromatic carbocycles. The molecule has 1 aliphatic rings. The number of anilines is 2. The number of nitrogens with one attached hydrogen (secondary N) is 1. The summed E-state index contributed by atoms with van der Waals surface area (Å²) in [7, 11) is 3.01. The summed E-state index contributed by atoms with van der Waals surface area (Å²) in [5.41, 5.74) is 6.78. The third kappa shape index (κ3) is 5.45. The average Bonchev–Trinajstić information content (AvgIpc) is 3.38. The highest BCUT2D eigenvalue weighted by molar-refractivity contribution is 6.41. The number of nitrogens with zero attached hydrogens (tertiary/aromatic N) is 2. The van der Waals surface area contributed by atoms with Gasteiger partial charge in [-0.05, 0) is 25.0 Å². The molecule has 0 amide bonds. The van der Waals surface area contributed by atoms with Crippen molar-refractivity contribution in [3.05, 3.63) is 34.4 Å². The summed E-state index contributed by atoms with van der Waals surface area (Å²) < 4.78 is 15.6. The smallest absolute Gasteiger partial charge is 0.141 e. The van der Waals surface area contributed by atoms with Crippen molar-refractivity contribution in [2.24, 2.45) is 0 Å². The first-order valence-electron chi connectivity index (χ1n) is 10.1. The summed E-state index contributed by atoms with van der Waals surface area (Å²) in [5, 5.41) is 14.4. The zero-order valence-corrected chi connectivity index (χ0v) is 19.5. The highest BCUT2D eigenvalue weighted by Crippen LogP contribution is 2.46. The Morgan fingerprint density at radius 1 is 1.09 bits per heavy atom. The largest absolute Gasteiger partial charge is 0.495 e. The van der Waals surface area contributed by atoms with Gasteiger partial charge in [-0.3, -0.25) is 0 Å². The molecule has 0 unspecified atom stereocenters. The minimum absolute atomic E-state index is 0.0531. The molecule has 1 fully saturated rings. The first-order valence-corrected chi connectivity index (χ1v) is 10.8. The van der Waals surface area contributed by atoms with E-state index in [-0.39, 0.29) is 6.61 Å². The topological polar surface area (TPSA) is 112 Å². The summed E-state index contributed by atoms with van der Waals surface area (Å²) in [6.45, 7) is 2.26. The lowest BCUT2D eigenvalue weighted by Crippen LogP contribution is -2.08. The predicted molar refractivity (Wildman–Crippen MR) is 128 cm³/mol. The molecular formula is C22H26Cl2N4O4. The summed E-state index contributed by atoms with van der Waals surface area (Å²) in [6, 6.07) is 5.13. The molecule has 0 bridgehead atoms. The fourth-order valence-corrected chi connectivity index (χ4v) is 3.91. The molecule has 3 aromatic rings. The van der Waals surface area contributed by atoms with Gasteiger partial charge in [-0.2, -0.15) is 0 Å². The standard InChI is InChI=1S/C18H18Cl2N4O3.C4H8O/c1-26-12-7-13(27-2)17(20)15(16(12)19)11-5-9-8-23-14(21)6-10(9)18(24-11)22-3-4-25;1-2-4-5-3-1/h5-8,25H,3-4H2,1-2H3,(H2,21,23)(H,22,24);1-4H2. The molecule has 3 heterocycles. The van der Waals surface area contributed by atoms with Gasteiger partial charge in [-0.25, -0.2) is 9.97 Å². The van der Waals surface area contributed by atoms with Gasteiger partial charge >= 0.3 is 0 Å². The maximum absolute atomic E-state index is 9.16. The van der Waals surface area contributed by atoms with Crippen molar-refractivity contribution < 1.29 is 19.3 Å². The Kier molecular flexibility index (Phi) is 8.58. The molecule has 0 radical (unpaired) electrons. The number of ether oxygens (including phenoxy) is 3. The minimum atomic E-state index is -0.0531. The Morgan fingerprint density at radius 3 is 2.28 bits per heavy atom. The molecule has 0 saturated carbocycles. The molecule has 172 valence electrons. The summed E-state index contributed by atoms with van der Waals surface area (Å²) in [4.78, 5) is 8.77. The highest BCUT2D eigenvalue weighted by Gasteiger charge is 2.21. The predicted octanol–water partition coefficient (Wildman–Crippen LogP) is 4.40. The molecule has 0 aliphatic carbocycles. The van der Waals surface area contributed by atoms with E-state index in [0.717, 1.165) is 24.0 Å². The second-order valence-corrected chi connectivity index (χ2v) is 7.70. The van der Waals surface area contributed by atoms with E-state index in [4.69, 9.17) is 48.3 Å². The summed E-state index contributed by atoms with van der Waals surface area (Å²) in [6.07, 6.45) is 4.19. The van der Waals surface area contributed by atoms with Gasteiger partial charge in [0.05, 0.1) is 36.6 Å². The molecule has 4 rings (SSSR count). The number of fused-ring (bicyclic) bond motifs is 1. The highest BCUT2D eigenvalue weighted by atomic mass is 35.5. The molecule has 8 nitrogen and oxygen atoms in total. The van der Waals surface area contributed by atoms with Crippen molar-refractivity contribution in [2.45, 2.75) is 12.8 Å². The van der Waals surface area contributed by atoms with Crippen LogP contribution >= 0.6 is 23.2 Å². The van der Waals surface area contributed by atoms with E-state index in [1.165, 1.54) is 27.1 Å². The van der Waals surface area contributed by atoms with Crippen LogP contribution in [0.15, 0.2) is 24.4 Å². The molecule has 2 aromatic heterocycles. The van der Waals surface area contributed by atoms with Gasteiger partial charge in [-0.15, -0.1) is 0 Å². The van der Waals surface area contributed by atoms with Crippen molar-refractivity contribution >= 4 is 45.6 Å². The van der Waals surface area contributed by atoms with Crippen molar-refractivity contribution in [1.29, 1.82) is 0 Å². The fourth-order valence-electron chi connectivity index (χ4n) is 3.22. The third-order valence-corrected chi connectivity index (χ3v) is 5.55. The van der Waals surface area contributed by atoms with Crippen molar-refractivity contribution in [1.82, 2.24) is 9.97 Å². The normalized spacial score (nSPS) is 12.9. The molecule has 32 heavy (non-hydrogen) atoms. The van der Waals surface area contributed by atoms with Crippen LogP contribution in [-0.2, 0) is 4.74 Å². The Labute approximate surface area is 196 Å². The number of aliphatic hydroxyl groups is 1. The van der Waals surface area contributed by atoms with Crippen molar-refractivity contribution in [2.75, 3.05) is 51.6 Å². The average molecular weight is 481 g/mol. The van der Waals surface area contributed by atoms with Crippen LogP contribution in [0.1, 0.15) is 12.8 Å². The first-order chi connectivity index (χ1) is 15.5. The van der Waals surface area contributed by atoms with Gasteiger partial charge in [0.1, 0.15) is 23.1 Å². The lowest BCUT2D eigenvalue weighted by atomic mass is 10.1. The molecule has 0 atom stereocenters. The SMILES string of the molecule is C1CCOC1.COc1cc(OC)c(Cl)c(-c2cc3cnc(N)cc3c(NCCO)n2)c1Cl. The van der Waals surface area contributed by atoms with Gasteiger partial charge in [0.2, 0.25) is 0 Å². The first kappa shape index (κ1) is 24.1. The van der Waals surface area contributed by atoms with E-state index in [0.29, 0.717) is 51.0 Å². The quantitative estimate of drug-likeness (QED) is 0.475. The number of nitrogens with two attached hydrogens (primary N) is 1. The van der Waals surface area contributed by atoms with Crippen LogP contribution in [0.5, 0.6) is 11.5 Å². The third-order valence-electron chi connectivity index (χ3n) is 4.80. The zero-order valence-electron chi connectivity index (χ0n) is 18.0. The van der Waals surface area contributed by atoms with Crippen LogP contribution in [0.3, 0.4) is 0 Å². The fraction of sp³-hybridized carbons (Fsp3) is 0.364. The van der Waals surface area contributed by atoms with Gasteiger partial charge in [0.15, 0.2) is 0 Å². The van der Waals surface area contributed by atoms with Gasteiger partial charge < -0.3 is 30.4 Å². The van der Waals surface area contributed by atoms with Gasteiger partial charge in [0, 0.05) is 48.4 Å². The number of halogens is 2. The van der Waals surface area contributed by atoms with E-state index in [2.05, 4.69) is 15.3 Å². The Balaban J connectivity index is 0.000000509. The number of pyridine rings is 2. The Bertz CT molecular complexity index is 1040. The van der Waals surface area contributed by atoms with Gasteiger partial charge in [-0.1, -0.05) is 23.2 Å².